The van der Waals surface area contributed by atoms with Gasteiger partial charge in [-0.3, -0.25) is 9.47 Å². The van der Waals surface area contributed by atoms with Crippen LogP contribution in [0.4, 0.5) is 5.95 Å². The number of aromatic nitrogens is 3. The Morgan fingerprint density at radius 3 is 2.27 bits per heavy atom. The maximum Gasteiger partial charge on any atom is 0.227 e. The molecule has 0 spiro atoms. The highest BCUT2D eigenvalue weighted by Gasteiger charge is 2.24. The van der Waals surface area contributed by atoms with E-state index in [0.717, 1.165) is 55.1 Å². The fraction of sp³-hybridized carbons (Fsp3) is 0.308. The van der Waals surface area contributed by atoms with Crippen LogP contribution in [0.15, 0.2) is 72.8 Å². The van der Waals surface area contributed by atoms with Crippen LogP contribution in [0.3, 0.4) is 0 Å². The number of rotatable bonds is 8. The molecule has 0 amide bonds. The third-order valence-corrected chi connectivity index (χ3v) is 6.92. The Balaban J connectivity index is 1.30. The highest BCUT2D eigenvalue weighted by atomic mass is 32.1. The van der Waals surface area contributed by atoms with Gasteiger partial charge in [-0.1, -0.05) is 48.5 Å². The van der Waals surface area contributed by atoms with E-state index in [1.165, 1.54) is 10.4 Å². The van der Waals surface area contributed by atoms with Crippen LogP contribution in [0.25, 0.3) is 10.7 Å². The minimum atomic E-state index is 0.570. The number of nitrogens with zero attached hydrogens (tertiary/aromatic N) is 5. The first-order valence-corrected chi connectivity index (χ1v) is 12.3. The molecular weight excluding hydrogens is 430 g/mol. The zero-order valence-corrected chi connectivity index (χ0v) is 19.7. The molecule has 0 N–H and O–H groups in total. The number of hydrogen-bond acceptors (Lipinski definition) is 6. The number of anilines is 1. The molecule has 0 aliphatic carbocycles. The van der Waals surface area contributed by atoms with Crippen molar-refractivity contribution in [3.63, 3.8) is 0 Å². The molecule has 33 heavy (non-hydrogen) atoms. The molecule has 1 saturated heterocycles. The minimum Gasteiger partial charge on any atom is -0.492 e. The summed E-state index contributed by atoms with van der Waals surface area (Å²) < 4.78 is 8.22. The summed E-state index contributed by atoms with van der Waals surface area (Å²) >= 11 is 1.76. The van der Waals surface area contributed by atoms with E-state index in [9.17, 15) is 0 Å². The summed E-state index contributed by atoms with van der Waals surface area (Å²) in [5.41, 5.74) is 1.36. The van der Waals surface area contributed by atoms with Crippen molar-refractivity contribution in [2.45, 2.75) is 20.0 Å². The number of hydrogen-bond donors (Lipinski definition) is 0. The average molecular weight is 460 g/mol. The molecule has 4 aromatic rings. The predicted octanol–water partition coefficient (Wildman–Crippen LogP) is 4.72. The Kier molecular flexibility index (Phi) is 6.69. The van der Waals surface area contributed by atoms with Gasteiger partial charge in [0.2, 0.25) is 5.95 Å². The molecular formula is C26H29N5OS. The van der Waals surface area contributed by atoms with Gasteiger partial charge in [0.25, 0.3) is 0 Å². The van der Waals surface area contributed by atoms with Crippen LogP contribution in [0.5, 0.6) is 5.75 Å². The average Bonchev–Trinajstić information content (AvgIpc) is 3.47. The maximum absolute atomic E-state index is 6.00. The fourth-order valence-electron chi connectivity index (χ4n) is 4.19. The van der Waals surface area contributed by atoms with Gasteiger partial charge in [-0.15, -0.1) is 21.5 Å². The molecule has 6 nitrogen and oxygen atoms in total. The van der Waals surface area contributed by atoms with Crippen molar-refractivity contribution < 1.29 is 4.74 Å². The van der Waals surface area contributed by atoms with Crippen LogP contribution in [-0.4, -0.2) is 52.5 Å². The van der Waals surface area contributed by atoms with Crippen molar-refractivity contribution in [2.24, 2.45) is 0 Å². The van der Waals surface area contributed by atoms with E-state index in [1.54, 1.807) is 11.3 Å². The molecule has 0 bridgehead atoms. The van der Waals surface area contributed by atoms with E-state index in [2.05, 4.69) is 74.0 Å². The summed E-state index contributed by atoms with van der Waals surface area (Å²) in [6.07, 6.45) is 0. The molecule has 5 rings (SSSR count). The molecule has 0 radical (unpaired) electrons. The molecule has 1 fully saturated rings. The second-order valence-corrected chi connectivity index (χ2v) is 9.58. The first-order chi connectivity index (χ1) is 16.3. The summed E-state index contributed by atoms with van der Waals surface area (Å²) in [7, 11) is 0. The standard InChI is InChI=1S/C26H29N5OS/c1-21-12-13-24(33-21)25-27-28-26(31(25)18-19-32-23-10-6-3-7-11-23)30-16-14-29(15-17-30)20-22-8-4-2-5-9-22/h2-13H,14-20H2,1H3. The number of para-hydroxylation sites is 1. The first-order valence-electron chi connectivity index (χ1n) is 11.5. The predicted molar refractivity (Wildman–Crippen MR) is 134 cm³/mol. The van der Waals surface area contributed by atoms with Crippen molar-refractivity contribution >= 4 is 17.3 Å². The SMILES string of the molecule is Cc1ccc(-c2nnc(N3CCN(Cc4ccccc4)CC3)n2CCOc2ccccc2)s1. The second-order valence-electron chi connectivity index (χ2n) is 8.30. The van der Waals surface area contributed by atoms with Crippen LogP contribution < -0.4 is 9.64 Å². The van der Waals surface area contributed by atoms with Crippen LogP contribution in [0.2, 0.25) is 0 Å². The van der Waals surface area contributed by atoms with Crippen molar-refractivity contribution in [1.29, 1.82) is 0 Å². The third-order valence-electron chi connectivity index (χ3n) is 5.92. The number of benzene rings is 2. The minimum absolute atomic E-state index is 0.570. The first kappa shape index (κ1) is 21.7. The van der Waals surface area contributed by atoms with E-state index in [0.29, 0.717) is 13.2 Å². The lowest BCUT2D eigenvalue weighted by molar-refractivity contribution is 0.247. The topological polar surface area (TPSA) is 46.4 Å². The van der Waals surface area contributed by atoms with E-state index in [1.807, 2.05) is 30.3 Å². The number of thiophene rings is 1. The Bertz CT molecular complexity index is 1150. The van der Waals surface area contributed by atoms with E-state index < -0.39 is 0 Å². The highest BCUT2D eigenvalue weighted by Crippen LogP contribution is 2.29. The van der Waals surface area contributed by atoms with Crippen molar-refractivity contribution in [3.05, 3.63) is 83.2 Å². The van der Waals surface area contributed by atoms with Crippen molar-refractivity contribution in [1.82, 2.24) is 19.7 Å². The molecule has 2 aromatic carbocycles. The van der Waals surface area contributed by atoms with E-state index >= 15 is 0 Å². The summed E-state index contributed by atoms with van der Waals surface area (Å²) in [6, 6.07) is 24.9. The van der Waals surface area contributed by atoms with Crippen LogP contribution in [0.1, 0.15) is 10.4 Å². The number of aryl methyl sites for hydroxylation is 1. The summed E-state index contributed by atoms with van der Waals surface area (Å²) in [4.78, 5) is 7.29. The van der Waals surface area contributed by atoms with Gasteiger partial charge >= 0.3 is 0 Å². The summed E-state index contributed by atoms with van der Waals surface area (Å²) in [5.74, 6) is 2.74. The Morgan fingerprint density at radius 1 is 0.848 bits per heavy atom. The van der Waals surface area contributed by atoms with Gasteiger partial charge in [-0.2, -0.15) is 0 Å². The molecule has 0 atom stereocenters. The molecule has 170 valence electrons. The van der Waals surface area contributed by atoms with Crippen molar-refractivity contribution in [3.8, 4) is 16.5 Å². The van der Waals surface area contributed by atoms with Crippen LogP contribution >= 0.6 is 11.3 Å². The zero-order chi connectivity index (χ0) is 22.5. The lowest BCUT2D eigenvalue weighted by atomic mass is 10.2. The fourth-order valence-corrected chi connectivity index (χ4v) is 5.05. The third kappa shape index (κ3) is 5.26. The van der Waals surface area contributed by atoms with Gasteiger partial charge < -0.3 is 9.64 Å². The Hall–Kier alpha value is -3.16. The Labute approximate surface area is 199 Å². The lowest BCUT2D eigenvalue weighted by Gasteiger charge is -2.35. The van der Waals surface area contributed by atoms with Crippen LogP contribution in [0, 0.1) is 6.92 Å². The van der Waals surface area contributed by atoms with E-state index in [-0.39, 0.29) is 0 Å². The van der Waals surface area contributed by atoms with Gasteiger partial charge in [-0.25, -0.2) is 0 Å². The van der Waals surface area contributed by atoms with Crippen molar-refractivity contribution in [2.75, 3.05) is 37.7 Å². The van der Waals surface area contributed by atoms with Gasteiger partial charge in [0.15, 0.2) is 5.82 Å². The Morgan fingerprint density at radius 2 is 1.58 bits per heavy atom. The molecule has 7 heteroatoms. The second kappa shape index (κ2) is 10.2. The number of ether oxygens (including phenoxy) is 1. The van der Waals surface area contributed by atoms with Gasteiger partial charge in [0.05, 0.1) is 11.4 Å². The maximum atomic E-state index is 6.00. The largest absolute Gasteiger partial charge is 0.492 e. The molecule has 3 heterocycles. The normalized spacial score (nSPS) is 14.5. The molecule has 0 saturated carbocycles. The zero-order valence-electron chi connectivity index (χ0n) is 18.9. The van der Waals surface area contributed by atoms with Crippen LogP contribution in [-0.2, 0) is 13.1 Å². The summed E-state index contributed by atoms with van der Waals surface area (Å²) in [6.45, 7) is 8.29. The molecule has 2 aromatic heterocycles. The molecule has 1 aliphatic rings. The monoisotopic (exact) mass is 459 g/mol. The smallest absolute Gasteiger partial charge is 0.227 e. The van der Waals surface area contributed by atoms with Gasteiger partial charge in [0, 0.05) is 37.6 Å². The van der Waals surface area contributed by atoms with Gasteiger partial charge in [-0.05, 0) is 36.8 Å². The quantitative estimate of drug-likeness (QED) is 0.382. The van der Waals surface area contributed by atoms with Gasteiger partial charge in [0.1, 0.15) is 12.4 Å². The molecule has 0 unspecified atom stereocenters. The lowest BCUT2D eigenvalue weighted by Crippen LogP contribution is -2.47. The van der Waals surface area contributed by atoms with E-state index in [4.69, 9.17) is 4.74 Å². The number of piperazine rings is 1. The highest BCUT2D eigenvalue weighted by molar-refractivity contribution is 7.15. The summed E-state index contributed by atoms with van der Waals surface area (Å²) in [5, 5.41) is 9.23. The molecule has 1 aliphatic heterocycles.